The first kappa shape index (κ1) is 12.9. The minimum atomic E-state index is 0.670. The van der Waals surface area contributed by atoms with Crippen LogP contribution >= 0.6 is 0 Å². The first-order valence-electron chi connectivity index (χ1n) is 7.38. The van der Waals surface area contributed by atoms with E-state index in [4.69, 9.17) is 0 Å². The summed E-state index contributed by atoms with van der Waals surface area (Å²) < 4.78 is 1.93. The van der Waals surface area contributed by atoms with Crippen LogP contribution in [0.3, 0.4) is 0 Å². The fourth-order valence-electron chi connectivity index (χ4n) is 2.81. The largest absolute Gasteiger partial charge is 0.357 e. The van der Waals surface area contributed by atoms with E-state index in [2.05, 4.69) is 37.5 Å². The van der Waals surface area contributed by atoms with Gasteiger partial charge in [0.1, 0.15) is 0 Å². The van der Waals surface area contributed by atoms with Crippen LogP contribution in [0.2, 0.25) is 0 Å². The zero-order valence-electron chi connectivity index (χ0n) is 12.3. The van der Waals surface area contributed by atoms with Crippen molar-refractivity contribution in [1.82, 2.24) is 24.3 Å². The minimum Gasteiger partial charge on any atom is -0.357 e. The Bertz CT molecular complexity index is 864. The van der Waals surface area contributed by atoms with Crippen LogP contribution in [-0.2, 0) is 6.42 Å². The lowest BCUT2D eigenvalue weighted by atomic mass is 10.0. The van der Waals surface area contributed by atoms with Crippen molar-refractivity contribution in [3.8, 4) is 0 Å². The summed E-state index contributed by atoms with van der Waals surface area (Å²) in [5, 5.41) is 3.01. The van der Waals surface area contributed by atoms with Crippen molar-refractivity contribution in [2.75, 3.05) is 12.4 Å². The number of aromatic nitrogens is 5. The van der Waals surface area contributed by atoms with Gasteiger partial charge in [0, 0.05) is 49.2 Å². The molecule has 1 aliphatic rings. The van der Waals surface area contributed by atoms with Crippen LogP contribution in [0.4, 0.5) is 5.95 Å². The van der Waals surface area contributed by atoms with E-state index in [1.165, 1.54) is 0 Å². The molecule has 6 nitrogen and oxygen atoms in total. The SMILES string of the molecule is CNc1ncc2c(n1)CCCC=C2c1cnc2nccn2c1. The second kappa shape index (κ2) is 5.22. The van der Waals surface area contributed by atoms with Crippen LogP contribution in [0.25, 0.3) is 11.4 Å². The minimum absolute atomic E-state index is 0.670. The van der Waals surface area contributed by atoms with Gasteiger partial charge in [-0.1, -0.05) is 6.08 Å². The van der Waals surface area contributed by atoms with Gasteiger partial charge in [-0.3, -0.25) is 4.40 Å². The molecule has 3 aromatic rings. The molecule has 0 aromatic carbocycles. The summed E-state index contributed by atoms with van der Waals surface area (Å²) in [7, 11) is 1.84. The van der Waals surface area contributed by atoms with Crippen LogP contribution in [0.15, 0.2) is 37.1 Å². The Labute approximate surface area is 128 Å². The maximum Gasteiger partial charge on any atom is 0.233 e. The van der Waals surface area contributed by atoms with E-state index in [-0.39, 0.29) is 0 Å². The molecule has 4 rings (SSSR count). The van der Waals surface area contributed by atoms with Gasteiger partial charge >= 0.3 is 0 Å². The molecule has 0 aliphatic heterocycles. The van der Waals surface area contributed by atoms with Gasteiger partial charge in [0.15, 0.2) is 0 Å². The highest BCUT2D eigenvalue weighted by atomic mass is 15.1. The number of hydrogen-bond acceptors (Lipinski definition) is 5. The lowest BCUT2D eigenvalue weighted by Crippen LogP contribution is -2.04. The summed E-state index contributed by atoms with van der Waals surface area (Å²) in [6.45, 7) is 0. The van der Waals surface area contributed by atoms with Gasteiger partial charge in [0.05, 0.1) is 5.69 Å². The fraction of sp³-hybridized carbons (Fsp3) is 0.250. The van der Waals surface area contributed by atoms with Crippen LogP contribution < -0.4 is 5.32 Å². The van der Waals surface area contributed by atoms with Crippen molar-refractivity contribution in [3.05, 3.63) is 53.9 Å². The predicted octanol–water partition coefficient (Wildman–Crippen LogP) is 2.33. The topological polar surface area (TPSA) is 68.0 Å². The summed E-state index contributed by atoms with van der Waals surface area (Å²) in [5.41, 5.74) is 4.40. The molecule has 0 atom stereocenters. The van der Waals surface area contributed by atoms with Gasteiger partial charge < -0.3 is 5.32 Å². The molecule has 0 spiro atoms. The molecule has 110 valence electrons. The molecular formula is C16H16N6. The number of nitrogens with one attached hydrogen (secondary N) is 1. The van der Waals surface area contributed by atoms with E-state index < -0.39 is 0 Å². The third-order valence-electron chi connectivity index (χ3n) is 3.90. The Morgan fingerprint density at radius 3 is 3.05 bits per heavy atom. The molecule has 6 heteroatoms. The third-order valence-corrected chi connectivity index (χ3v) is 3.90. The van der Waals surface area contributed by atoms with Crippen molar-refractivity contribution >= 4 is 17.3 Å². The Morgan fingerprint density at radius 1 is 1.18 bits per heavy atom. The second-order valence-electron chi connectivity index (χ2n) is 5.29. The number of imidazole rings is 1. The smallest absolute Gasteiger partial charge is 0.233 e. The van der Waals surface area contributed by atoms with E-state index in [9.17, 15) is 0 Å². The normalized spacial score (nSPS) is 14.3. The maximum atomic E-state index is 4.62. The number of rotatable bonds is 2. The van der Waals surface area contributed by atoms with Crippen molar-refractivity contribution in [3.63, 3.8) is 0 Å². The lowest BCUT2D eigenvalue weighted by molar-refractivity contribution is 0.822. The number of nitrogens with zero attached hydrogens (tertiary/aromatic N) is 5. The highest BCUT2D eigenvalue weighted by Gasteiger charge is 2.16. The molecular weight excluding hydrogens is 276 g/mol. The molecule has 22 heavy (non-hydrogen) atoms. The van der Waals surface area contributed by atoms with Gasteiger partial charge in [-0.2, -0.15) is 0 Å². The standard InChI is InChI=1S/C16H16N6/c1-17-15-19-9-13-12(4-2-3-5-14(13)21-15)11-8-20-16-18-6-7-22(16)10-11/h4,6-10H,2-3,5H2,1H3,(H,17,19,21). The molecule has 0 bridgehead atoms. The Kier molecular flexibility index (Phi) is 3.07. The van der Waals surface area contributed by atoms with Crippen LogP contribution in [0.1, 0.15) is 29.7 Å². The summed E-state index contributed by atoms with van der Waals surface area (Å²) in [5.74, 6) is 1.38. The lowest BCUT2D eigenvalue weighted by Gasteiger charge is -2.11. The highest BCUT2D eigenvalue weighted by molar-refractivity contribution is 5.80. The van der Waals surface area contributed by atoms with Crippen LogP contribution in [-0.4, -0.2) is 31.4 Å². The highest BCUT2D eigenvalue weighted by Crippen LogP contribution is 2.29. The number of anilines is 1. The summed E-state index contributed by atoms with van der Waals surface area (Å²) in [6, 6.07) is 0. The van der Waals surface area contributed by atoms with E-state index in [1.807, 2.05) is 30.0 Å². The molecule has 3 aromatic heterocycles. The number of fused-ring (bicyclic) bond motifs is 2. The van der Waals surface area contributed by atoms with Gasteiger partial charge in [-0.25, -0.2) is 19.9 Å². The molecule has 0 saturated carbocycles. The third kappa shape index (κ3) is 2.13. The van der Waals surface area contributed by atoms with Crippen LogP contribution in [0.5, 0.6) is 0 Å². The van der Waals surface area contributed by atoms with Crippen LogP contribution in [0, 0.1) is 0 Å². The van der Waals surface area contributed by atoms with Crippen molar-refractivity contribution in [2.45, 2.75) is 19.3 Å². The zero-order valence-corrected chi connectivity index (χ0v) is 12.3. The van der Waals surface area contributed by atoms with E-state index in [0.29, 0.717) is 11.7 Å². The van der Waals surface area contributed by atoms with E-state index in [1.54, 1.807) is 6.20 Å². The second-order valence-corrected chi connectivity index (χ2v) is 5.29. The molecule has 0 unspecified atom stereocenters. The first-order valence-corrected chi connectivity index (χ1v) is 7.38. The molecule has 1 N–H and O–H groups in total. The quantitative estimate of drug-likeness (QED) is 0.785. The summed E-state index contributed by atoms with van der Waals surface area (Å²) in [4.78, 5) is 17.6. The first-order chi connectivity index (χ1) is 10.8. The summed E-state index contributed by atoms with van der Waals surface area (Å²) >= 11 is 0. The molecule has 0 amide bonds. The van der Waals surface area contributed by atoms with Crippen molar-refractivity contribution in [1.29, 1.82) is 0 Å². The number of hydrogen-bond donors (Lipinski definition) is 1. The van der Waals surface area contributed by atoms with Gasteiger partial charge in [0.25, 0.3) is 0 Å². The van der Waals surface area contributed by atoms with Gasteiger partial charge in [0.2, 0.25) is 11.7 Å². The zero-order chi connectivity index (χ0) is 14.9. The predicted molar refractivity (Wildman–Crippen MR) is 84.6 cm³/mol. The Hall–Kier alpha value is -2.76. The number of aryl methyl sites for hydroxylation is 1. The van der Waals surface area contributed by atoms with Gasteiger partial charge in [-0.05, 0) is 24.8 Å². The average Bonchev–Trinajstić information content (AvgIpc) is 2.92. The monoisotopic (exact) mass is 292 g/mol. The van der Waals surface area contributed by atoms with Crippen molar-refractivity contribution in [2.24, 2.45) is 0 Å². The van der Waals surface area contributed by atoms with Crippen molar-refractivity contribution < 1.29 is 0 Å². The maximum absolute atomic E-state index is 4.62. The Morgan fingerprint density at radius 2 is 2.14 bits per heavy atom. The summed E-state index contributed by atoms with van der Waals surface area (Å²) in [6.07, 6.45) is 14.8. The Balaban J connectivity index is 1.85. The molecule has 1 aliphatic carbocycles. The molecule has 0 radical (unpaired) electrons. The van der Waals surface area contributed by atoms with E-state index in [0.717, 1.165) is 41.7 Å². The molecule has 0 saturated heterocycles. The number of allylic oxidation sites excluding steroid dienone is 1. The van der Waals surface area contributed by atoms with Gasteiger partial charge in [-0.15, -0.1) is 0 Å². The fourth-order valence-corrected chi connectivity index (χ4v) is 2.81. The molecule has 0 fully saturated rings. The van der Waals surface area contributed by atoms with E-state index >= 15 is 0 Å². The molecule has 3 heterocycles. The average molecular weight is 292 g/mol.